The summed E-state index contributed by atoms with van der Waals surface area (Å²) in [4.78, 5) is 21.3. The average Bonchev–Trinajstić information content (AvgIpc) is 3.54. The lowest BCUT2D eigenvalue weighted by Crippen LogP contribution is -2.27. The first-order valence-corrected chi connectivity index (χ1v) is 11.5. The van der Waals surface area contributed by atoms with Crippen LogP contribution in [0.5, 0.6) is 5.75 Å². The molecule has 0 fully saturated rings. The number of carbonyl (C=O) groups is 1. The number of nitrogens with zero attached hydrogens (tertiary/aromatic N) is 6. The summed E-state index contributed by atoms with van der Waals surface area (Å²) in [6.45, 7) is 0.618. The van der Waals surface area contributed by atoms with Crippen molar-refractivity contribution in [2.24, 2.45) is 14.1 Å². The molecule has 10 nitrogen and oxygen atoms in total. The predicted octanol–water partition coefficient (Wildman–Crippen LogP) is 3.30. The molecule has 2 N–H and O–H groups in total. The fraction of sp³-hybridized carbons (Fsp3) is 0.148. The SMILES string of the molecule is C#Cc1ccc2nc(Nc3cc(OCCNC(=O)c4cnn(C)c4)cc(-c4cnn(C)c4)c3)ncc2c1. The topological polar surface area (TPSA) is 112 Å². The van der Waals surface area contributed by atoms with Gasteiger partial charge in [-0.2, -0.15) is 10.2 Å². The Balaban J connectivity index is 1.33. The summed E-state index contributed by atoms with van der Waals surface area (Å²) in [5.74, 6) is 3.49. The molecule has 2 aromatic carbocycles. The summed E-state index contributed by atoms with van der Waals surface area (Å²) in [7, 11) is 3.63. The molecule has 0 radical (unpaired) electrons. The number of fused-ring (bicyclic) bond motifs is 1. The number of hydrogen-bond donors (Lipinski definition) is 2. The number of hydrogen-bond acceptors (Lipinski definition) is 7. The van der Waals surface area contributed by atoms with Gasteiger partial charge in [0.15, 0.2) is 0 Å². The van der Waals surface area contributed by atoms with Crippen molar-refractivity contribution in [3.05, 3.63) is 78.5 Å². The van der Waals surface area contributed by atoms with Crippen LogP contribution in [0, 0.1) is 12.3 Å². The van der Waals surface area contributed by atoms with E-state index in [1.807, 2.05) is 49.6 Å². The van der Waals surface area contributed by atoms with Crippen molar-refractivity contribution in [1.29, 1.82) is 0 Å². The number of nitrogens with one attached hydrogen (secondary N) is 2. The van der Waals surface area contributed by atoms with Gasteiger partial charge in [0.1, 0.15) is 12.4 Å². The zero-order chi connectivity index (χ0) is 25.8. The molecule has 0 aliphatic rings. The normalized spacial score (nSPS) is 10.7. The Bertz CT molecular complexity index is 1630. The third kappa shape index (κ3) is 5.57. The van der Waals surface area contributed by atoms with Gasteiger partial charge in [-0.05, 0) is 35.9 Å². The van der Waals surface area contributed by atoms with E-state index in [4.69, 9.17) is 11.2 Å². The standard InChI is InChI=1S/C27H24N8O2/c1-4-18-5-6-25-20(9-18)13-29-27(33-25)32-23-10-19(21-14-30-34(2)16-21)11-24(12-23)37-8-7-28-26(36)22-15-31-35(3)17-22/h1,5-6,9-17H,7-8H2,2-3H3,(H,28,36)(H,29,32,33). The lowest BCUT2D eigenvalue weighted by Gasteiger charge is -2.12. The number of aryl methyl sites for hydroxylation is 2. The maximum atomic E-state index is 12.2. The number of amides is 1. The van der Waals surface area contributed by atoms with Gasteiger partial charge in [-0.3, -0.25) is 14.2 Å². The monoisotopic (exact) mass is 492 g/mol. The van der Waals surface area contributed by atoms with Gasteiger partial charge in [0.05, 0.1) is 30.0 Å². The van der Waals surface area contributed by atoms with Crippen LogP contribution in [0.15, 0.2) is 67.4 Å². The number of aromatic nitrogens is 6. The molecule has 10 heteroatoms. The molecule has 0 aliphatic heterocycles. The van der Waals surface area contributed by atoms with E-state index in [-0.39, 0.29) is 12.5 Å². The molecule has 0 spiro atoms. The van der Waals surface area contributed by atoms with E-state index in [1.165, 1.54) is 6.20 Å². The number of carbonyl (C=O) groups excluding carboxylic acids is 1. The number of terminal acetylenes is 1. The molecule has 1 amide bonds. The van der Waals surface area contributed by atoms with Crippen molar-refractivity contribution in [2.45, 2.75) is 0 Å². The zero-order valence-corrected chi connectivity index (χ0v) is 20.3. The lowest BCUT2D eigenvalue weighted by atomic mass is 10.1. The minimum absolute atomic E-state index is 0.203. The first-order chi connectivity index (χ1) is 18.0. The lowest BCUT2D eigenvalue weighted by molar-refractivity contribution is 0.0947. The van der Waals surface area contributed by atoms with E-state index in [0.29, 0.717) is 23.8 Å². The van der Waals surface area contributed by atoms with E-state index < -0.39 is 0 Å². The predicted molar refractivity (Wildman–Crippen MR) is 140 cm³/mol. The van der Waals surface area contributed by atoms with Crippen molar-refractivity contribution in [2.75, 3.05) is 18.5 Å². The molecule has 184 valence electrons. The van der Waals surface area contributed by atoms with Crippen LogP contribution in [-0.2, 0) is 14.1 Å². The molecule has 0 unspecified atom stereocenters. The first kappa shape index (κ1) is 23.6. The van der Waals surface area contributed by atoms with Gasteiger partial charge in [-0.1, -0.05) is 5.92 Å². The number of ether oxygens (including phenoxy) is 1. The van der Waals surface area contributed by atoms with Crippen molar-refractivity contribution in [3.8, 4) is 29.2 Å². The molecule has 0 aliphatic carbocycles. The molecule has 3 heterocycles. The number of anilines is 2. The van der Waals surface area contributed by atoms with Gasteiger partial charge >= 0.3 is 0 Å². The van der Waals surface area contributed by atoms with Gasteiger partial charge in [0.25, 0.3) is 5.91 Å². The summed E-state index contributed by atoms with van der Waals surface area (Å²) >= 11 is 0. The van der Waals surface area contributed by atoms with Crippen molar-refractivity contribution < 1.29 is 9.53 Å². The van der Waals surface area contributed by atoms with Crippen LogP contribution >= 0.6 is 0 Å². The Morgan fingerprint density at radius 3 is 2.62 bits per heavy atom. The summed E-state index contributed by atoms with van der Waals surface area (Å²) in [6.07, 6.45) is 14.1. The number of rotatable bonds is 8. The van der Waals surface area contributed by atoms with Crippen LogP contribution in [0.25, 0.3) is 22.0 Å². The molecule has 0 atom stereocenters. The summed E-state index contributed by atoms with van der Waals surface area (Å²) < 4.78 is 9.30. The van der Waals surface area contributed by atoms with Gasteiger partial charge in [0, 0.05) is 61.0 Å². The highest BCUT2D eigenvalue weighted by Gasteiger charge is 2.10. The first-order valence-electron chi connectivity index (χ1n) is 11.5. The second-order valence-corrected chi connectivity index (χ2v) is 8.39. The van der Waals surface area contributed by atoms with Gasteiger partial charge < -0.3 is 15.4 Å². The Labute approximate surface area is 213 Å². The second-order valence-electron chi connectivity index (χ2n) is 8.39. The van der Waals surface area contributed by atoms with Gasteiger partial charge in [0.2, 0.25) is 5.95 Å². The molecule has 0 bridgehead atoms. The van der Waals surface area contributed by atoms with E-state index in [2.05, 4.69) is 36.7 Å². The molecular formula is C27H24N8O2. The highest BCUT2D eigenvalue weighted by atomic mass is 16.5. The van der Waals surface area contributed by atoms with Crippen LogP contribution in [0.4, 0.5) is 11.6 Å². The van der Waals surface area contributed by atoms with Crippen LogP contribution in [0.2, 0.25) is 0 Å². The van der Waals surface area contributed by atoms with Crippen LogP contribution in [0.1, 0.15) is 15.9 Å². The minimum atomic E-state index is -0.203. The third-order valence-corrected chi connectivity index (χ3v) is 5.57. The van der Waals surface area contributed by atoms with Crippen molar-refractivity contribution in [3.63, 3.8) is 0 Å². The second kappa shape index (κ2) is 10.2. The Morgan fingerprint density at radius 2 is 1.86 bits per heavy atom. The fourth-order valence-electron chi connectivity index (χ4n) is 3.78. The van der Waals surface area contributed by atoms with Crippen molar-refractivity contribution in [1.82, 2.24) is 34.8 Å². The molecule has 0 saturated heterocycles. The quantitative estimate of drug-likeness (QED) is 0.253. The van der Waals surface area contributed by atoms with Gasteiger partial charge in [-0.15, -0.1) is 6.42 Å². The van der Waals surface area contributed by atoms with E-state index >= 15 is 0 Å². The third-order valence-electron chi connectivity index (χ3n) is 5.57. The van der Waals surface area contributed by atoms with Crippen LogP contribution in [0.3, 0.4) is 0 Å². The molecule has 3 aromatic heterocycles. The fourth-order valence-corrected chi connectivity index (χ4v) is 3.78. The van der Waals surface area contributed by atoms with E-state index in [0.717, 1.165) is 33.3 Å². The van der Waals surface area contributed by atoms with E-state index in [1.54, 1.807) is 35.0 Å². The largest absolute Gasteiger partial charge is 0.492 e. The van der Waals surface area contributed by atoms with Crippen LogP contribution in [-0.4, -0.2) is 48.6 Å². The summed E-state index contributed by atoms with van der Waals surface area (Å²) in [5, 5.41) is 15.2. The van der Waals surface area contributed by atoms with Crippen LogP contribution < -0.4 is 15.4 Å². The summed E-state index contributed by atoms with van der Waals surface area (Å²) in [5.41, 5.74) is 4.64. The maximum absolute atomic E-state index is 12.2. The summed E-state index contributed by atoms with van der Waals surface area (Å²) in [6, 6.07) is 11.4. The van der Waals surface area contributed by atoms with E-state index in [9.17, 15) is 4.79 Å². The highest BCUT2D eigenvalue weighted by Crippen LogP contribution is 2.30. The number of benzene rings is 2. The maximum Gasteiger partial charge on any atom is 0.254 e. The Hall–Kier alpha value is -5.17. The smallest absolute Gasteiger partial charge is 0.254 e. The zero-order valence-electron chi connectivity index (χ0n) is 20.3. The van der Waals surface area contributed by atoms with Crippen molar-refractivity contribution >= 4 is 28.4 Å². The Morgan fingerprint density at radius 1 is 1.03 bits per heavy atom. The highest BCUT2D eigenvalue weighted by molar-refractivity contribution is 5.93. The Kier molecular flexibility index (Phi) is 6.50. The minimum Gasteiger partial charge on any atom is -0.492 e. The average molecular weight is 493 g/mol. The van der Waals surface area contributed by atoms with Gasteiger partial charge in [-0.25, -0.2) is 9.97 Å². The molecular weight excluding hydrogens is 468 g/mol. The molecule has 5 rings (SSSR count). The molecule has 37 heavy (non-hydrogen) atoms. The molecule has 0 saturated carbocycles. The molecule has 5 aromatic rings.